The number of aromatic nitrogens is 4. The smallest absolute Gasteiger partial charge is 0.379 e. The molecule has 0 saturated carbocycles. The fourth-order valence-electron chi connectivity index (χ4n) is 5.08. The monoisotopic (exact) mass is 590 g/mol. The summed E-state index contributed by atoms with van der Waals surface area (Å²) in [6, 6.07) is 7.71. The van der Waals surface area contributed by atoms with Crippen molar-refractivity contribution in [3.63, 3.8) is 0 Å². The van der Waals surface area contributed by atoms with Crippen LogP contribution in [-0.2, 0) is 19.6 Å². The molecule has 1 amide bonds. The molecule has 1 aliphatic rings. The van der Waals surface area contributed by atoms with Gasteiger partial charge in [-0.1, -0.05) is 11.2 Å². The van der Waals surface area contributed by atoms with Crippen LogP contribution in [0.15, 0.2) is 47.2 Å². The van der Waals surface area contributed by atoms with Gasteiger partial charge < -0.3 is 34.1 Å². The number of hydrogen-bond acceptors (Lipinski definition) is 7. The average Bonchev–Trinajstić information content (AvgIpc) is 3.66. The van der Waals surface area contributed by atoms with Gasteiger partial charge in [-0.05, 0) is 51.8 Å². The van der Waals surface area contributed by atoms with Gasteiger partial charge in [-0.2, -0.15) is 18.2 Å². The Morgan fingerprint density at radius 3 is 2.79 bits per heavy atom. The summed E-state index contributed by atoms with van der Waals surface area (Å²) >= 11 is 0. The van der Waals surface area contributed by atoms with Gasteiger partial charge in [-0.15, -0.1) is 0 Å². The lowest BCUT2D eigenvalue weighted by atomic mass is 10.0. The molecule has 10 nitrogen and oxygen atoms in total. The van der Waals surface area contributed by atoms with Crippen LogP contribution < -0.4 is 10.6 Å². The Bertz CT molecular complexity index is 1530. The number of amides is 1. The predicted octanol–water partition coefficient (Wildman–Crippen LogP) is 4.00. The first-order valence-electron chi connectivity index (χ1n) is 13.7. The van der Waals surface area contributed by atoms with Crippen molar-refractivity contribution in [1.29, 1.82) is 0 Å². The molecular formula is C28H34F4N8O2. The summed E-state index contributed by atoms with van der Waals surface area (Å²) in [5.74, 6) is -0.359. The standard InChI is InChI=1S/C28H34F4N8O2/c1-37(2)11-12-39-10-7-18(15-39)27(41)33-14-25-35-26(36-42-25)24-13-19-21(34-22-8-9-38(3)16-20(22)29)5-4-6-23(19)40(24)17-28(30,31)32/h4-7,10,13,15,20,22,34H,8-9,11-12,14,16-17H2,1-3H3,(H,33,41)/t20-,22+/m0/s1. The molecule has 1 fully saturated rings. The number of carbonyl (C=O) groups is 1. The first-order chi connectivity index (χ1) is 20.0. The van der Waals surface area contributed by atoms with Crippen molar-refractivity contribution >= 4 is 22.5 Å². The molecular weight excluding hydrogens is 556 g/mol. The number of alkyl halides is 4. The number of nitrogens with one attached hydrogen (secondary N) is 2. The third-order valence-electron chi connectivity index (χ3n) is 7.28. The molecule has 4 aromatic rings. The predicted molar refractivity (Wildman–Crippen MR) is 150 cm³/mol. The van der Waals surface area contributed by atoms with E-state index in [0.29, 0.717) is 35.1 Å². The number of carbonyl (C=O) groups excluding carboxylic acids is 1. The Morgan fingerprint density at radius 2 is 2.05 bits per heavy atom. The number of rotatable bonds is 10. The highest BCUT2D eigenvalue weighted by atomic mass is 19.4. The van der Waals surface area contributed by atoms with Crippen molar-refractivity contribution in [2.75, 3.05) is 46.1 Å². The van der Waals surface area contributed by atoms with Gasteiger partial charge in [0.1, 0.15) is 12.7 Å². The van der Waals surface area contributed by atoms with E-state index in [0.717, 1.165) is 17.7 Å². The van der Waals surface area contributed by atoms with Crippen LogP contribution >= 0.6 is 0 Å². The minimum atomic E-state index is -4.52. The van der Waals surface area contributed by atoms with E-state index in [-0.39, 0.29) is 36.4 Å². The molecule has 1 aromatic carbocycles. The van der Waals surface area contributed by atoms with E-state index < -0.39 is 24.9 Å². The number of fused-ring (bicyclic) bond motifs is 1. The number of anilines is 1. The van der Waals surface area contributed by atoms with Crippen LogP contribution in [0.25, 0.3) is 22.4 Å². The van der Waals surface area contributed by atoms with E-state index in [1.165, 1.54) is 0 Å². The second kappa shape index (κ2) is 12.1. The molecule has 1 aliphatic heterocycles. The third kappa shape index (κ3) is 6.93. The van der Waals surface area contributed by atoms with Crippen molar-refractivity contribution in [2.45, 2.75) is 44.4 Å². The van der Waals surface area contributed by atoms with Gasteiger partial charge in [0.2, 0.25) is 11.7 Å². The molecule has 1 saturated heterocycles. The Balaban J connectivity index is 1.36. The maximum Gasteiger partial charge on any atom is 0.406 e. The summed E-state index contributed by atoms with van der Waals surface area (Å²) in [4.78, 5) is 20.8. The fourth-order valence-corrected chi connectivity index (χ4v) is 5.08. The van der Waals surface area contributed by atoms with Crippen LogP contribution in [-0.4, -0.2) is 94.1 Å². The SMILES string of the molecule is CN(C)CCn1ccc(C(=O)NCc2nc(-c3cc4c(N[C@@H]5CCN(C)C[C@@H]5F)cccc4n3CC(F)(F)F)no2)c1. The van der Waals surface area contributed by atoms with E-state index in [4.69, 9.17) is 4.52 Å². The zero-order valence-corrected chi connectivity index (χ0v) is 23.7. The summed E-state index contributed by atoms with van der Waals surface area (Å²) in [6.45, 7) is 1.15. The first-order valence-corrected chi connectivity index (χ1v) is 13.7. The highest BCUT2D eigenvalue weighted by Gasteiger charge is 2.32. The van der Waals surface area contributed by atoms with Crippen molar-refractivity contribution in [3.05, 3.63) is 54.2 Å². The number of halogens is 4. The summed E-state index contributed by atoms with van der Waals surface area (Å²) in [6.07, 6.45) is -1.54. The highest BCUT2D eigenvalue weighted by molar-refractivity contribution is 5.96. The molecule has 0 aliphatic carbocycles. The lowest BCUT2D eigenvalue weighted by molar-refractivity contribution is -0.139. The molecule has 42 heavy (non-hydrogen) atoms. The summed E-state index contributed by atoms with van der Waals surface area (Å²) in [5.41, 5.74) is 1.38. The van der Waals surface area contributed by atoms with Crippen LogP contribution in [0.1, 0.15) is 22.7 Å². The lowest BCUT2D eigenvalue weighted by Crippen LogP contribution is -2.46. The molecule has 0 spiro atoms. The number of likely N-dealkylation sites (tertiary alicyclic amines) is 1. The van der Waals surface area contributed by atoms with Crippen molar-refractivity contribution < 1.29 is 26.9 Å². The quantitative estimate of drug-likeness (QED) is 0.270. The van der Waals surface area contributed by atoms with E-state index >= 15 is 0 Å². The summed E-state index contributed by atoms with van der Waals surface area (Å²) in [5, 5.41) is 10.3. The second-order valence-electron chi connectivity index (χ2n) is 10.9. The van der Waals surface area contributed by atoms with Gasteiger partial charge in [0.25, 0.3) is 5.91 Å². The maximum atomic E-state index is 14.7. The fraction of sp³-hybridized carbons (Fsp3) is 0.464. The van der Waals surface area contributed by atoms with E-state index in [2.05, 4.69) is 20.8 Å². The molecule has 4 heterocycles. The highest BCUT2D eigenvalue weighted by Crippen LogP contribution is 2.35. The van der Waals surface area contributed by atoms with Gasteiger partial charge in [-0.3, -0.25) is 4.79 Å². The third-order valence-corrected chi connectivity index (χ3v) is 7.28. The Morgan fingerprint density at radius 1 is 1.24 bits per heavy atom. The summed E-state index contributed by atoms with van der Waals surface area (Å²) < 4.78 is 64.0. The number of benzene rings is 1. The molecule has 226 valence electrons. The Labute approximate surface area is 240 Å². The van der Waals surface area contributed by atoms with Gasteiger partial charge in [0.05, 0.1) is 29.4 Å². The number of nitrogens with zero attached hydrogens (tertiary/aromatic N) is 6. The molecule has 3 aromatic heterocycles. The van der Waals surface area contributed by atoms with Crippen LogP contribution in [0.3, 0.4) is 0 Å². The Hall–Kier alpha value is -3.91. The zero-order chi connectivity index (χ0) is 30.0. The molecule has 0 bridgehead atoms. The number of likely N-dealkylation sites (N-methyl/N-ethyl adjacent to an activating group) is 1. The lowest BCUT2D eigenvalue weighted by Gasteiger charge is -2.33. The topological polar surface area (TPSA) is 96.4 Å². The van der Waals surface area contributed by atoms with Gasteiger partial charge in [0.15, 0.2) is 0 Å². The minimum Gasteiger partial charge on any atom is -0.379 e. The molecule has 5 rings (SSSR count). The largest absolute Gasteiger partial charge is 0.406 e. The minimum absolute atomic E-state index is 0.0409. The van der Waals surface area contributed by atoms with E-state index in [1.807, 2.05) is 41.7 Å². The van der Waals surface area contributed by atoms with E-state index in [1.54, 1.807) is 36.5 Å². The van der Waals surface area contributed by atoms with Crippen molar-refractivity contribution in [3.8, 4) is 11.5 Å². The second-order valence-corrected chi connectivity index (χ2v) is 10.9. The van der Waals surface area contributed by atoms with Crippen LogP contribution in [0, 0.1) is 0 Å². The van der Waals surface area contributed by atoms with Crippen LogP contribution in [0.2, 0.25) is 0 Å². The van der Waals surface area contributed by atoms with Gasteiger partial charge in [-0.25, -0.2) is 4.39 Å². The Kier molecular flexibility index (Phi) is 8.55. The maximum absolute atomic E-state index is 14.7. The number of piperidine rings is 1. The first kappa shape index (κ1) is 29.6. The van der Waals surface area contributed by atoms with Crippen LogP contribution in [0.4, 0.5) is 23.2 Å². The number of hydrogen-bond donors (Lipinski definition) is 2. The molecule has 2 atom stereocenters. The molecule has 0 radical (unpaired) electrons. The van der Waals surface area contributed by atoms with Crippen molar-refractivity contribution in [1.82, 2.24) is 34.4 Å². The molecule has 14 heteroatoms. The average molecular weight is 591 g/mol. The van der Waals surface area contributed by atoms with Crippen molar-refractivity contribution in [2.24, 2.45) is 0 Å². The normalized spacial score (nSPS) is 18.2. The molecule has 0 unspecified atom stereocenters. The van der Waals surface area contributed by atoms with Gasteiger partial charge >= 0.3 is 6.18 Å². The summed E-state index contributed by atoms with van der Waals surface area (Å²) in [7, 11) is 5.78. The van der Waals surface area contributed by atoms with E-state index in [9.17, 15) is 22.4 Å². The van der Waals surface area contributed by atoms with Gasteiger partial charge in [0, 0.05) is 49.6 Å². The molecule has 2 N–H and O–H groups in total. The van der Waals surface area contributed by atoms with Crippen LogP contribution in [0.5, 0.6) is 0 Å². The zero-order valence-electron chi connectivity index (χ0n) is 23.7.